The molecule has 1 atom stereocenters. The van der Waals surface area contributed by atoms with Crippen LogP contribution < -0.4 is 0 Å². The number of rotatable bonds is 6. The number of ether oxygens (including phenoxy) is 1. The molecule has 1 unspecified atom stereocenters. The van der Waals surface area contributed by atoms with Gasteiger partial charge in [0.25, 0.3) is 0 Å². The van der Waals surface area contributed by atoms with Crippen molar-refractivity contribution in [3.05, 3.63) is 0 Å². The third kappa shape index (κ3) is 5.18. The third-order valence-electron chi connectivity index (χ3n) is 1.64. The van der Waals surface area contributed by atoms with Gasteiger partial charge in [-0.05, 0) is 12.8 Å². The van der Waals surface area contributed by atoms with E-state index in [1.807, 2.05) is 13.8 Å². The van der Waals surface area contributed by atoms with Gasteiger partial charge in [0, 0.05) is 13.0 Å². The molecular weight excluding hydrogens is 144 g/mol. The molecule has 0 bridgehead atoms. The first-order chi connectivity index (χ1) is 5.24. The maximum Gasteiger partial charge on any atom is 0.157 e. The Bertz CT molecular complexity index is 81.4. The number of hydrogen-bond donors (Lipinski definition) is 2. The van der Waals surface area contributed by atoms with Crippen molar-refractivity contribution in [2.24, 2.45) is 0 Å². The van der Waals surface area contributed by atoms with Crippen LogP contribution in [0.2, 0.25) is 0 Å². The SMILES string of the molecule is CCC(CC)OC(O)CCO. The lowest BCUT2D eigenvalue weighted by molar-refractivity contribution is -0.144. The van der Waals surface area contributed by atoms with Gasteiger partial charge >= 0.3 is 0 Å². The van der Waals surface area contributed by atoms with Gasteiger partial charge < -0.3 is 14.9 Å². The van der Waals surface area contributed by atoms with Gasteiger partial charge in [0.2, 0.25) is 0 Å². The molecule has 3 nitrogen and oxygen atoms in total. The lowest BCUT2D eigenvalue weighted by Gasteiger charge is -2.18. The molecule has 0 amide bonds. The van der Waals surface area contributed by atoms with E-state index >= 15 is 0 Å². The minimum atomic E-state index is -0.801. The van der Waals surface area contributed by atoms with Gasteiger partial charge in [-0.2, -0.15) is 0 Å². The average molecular weight is 162 g/mol. The Morgan fingerprint density at radius 2 is 1.82 bits per heavy atom. The molecule has 3 heteroatoms. The molecule has 0 aromatic rings. The highest BCUT2D eigenvalue weighted by atomic mass is 16.6. The van der Waals surface area contributed by atoms with Crippen LogP contribution in [0.3, 0.4) is 0 Å². The topological polar surface area (TPSA) is 49.7 Å². The molecular formula is C8H18O3. The van der Waals surface area contributed by atoms with Crippen LogP contribution in [0.25, 0.3) is 0 Å². The molecule has 0 rings (SSSR count). The Morgan fingerprint density at radius 3 is 2.18 bits per heavy atom. The van der Waals surface area contributed by atoms with Gasteiger partial charge in [0.1, 0.15) is 0 Å². The molecule has 68 valence electrons. The van der Waals surface area contributed by atoms with Crippen molar-refractivity contribution in [1.29, 1.82) is 0 Å². The van der Waals surface area contributed by atoms with Crippen molar-refractivity contribution in [3.63, 3.8) is 0 Å². The first-order valence-corrected chi connectivity index (χ1v) is 4.18. The van der Waals surface area contributed by atoms with Crippen LogP contribution in [-0.2, 0) is 4.74 Å². The van der Waals surface area contributed by atoms with Crippen molar-refractivity contribution >= 4 is 0 Å². The highest BCUT2D eigenvalue weighted by Crippen LogP contribution is 2.06. The van der Waals surface area contributed by atoms with Crippen LogP contribution in [0.4, 0.5) is 0 Å². The van der Waals surface area contributed by atoms with Crippen LogP contribution in [0.1, 0.15) is 33.1 Å². The first-order valence-electron chi connectivity index (χ1n) is 4.18. The number of aliphatic hydroxyl groups excluding tert-OH is 2. The molecule has 0 aromatic heterocycles. The Morgan fingerprint density at radius 1 is 1.27 bits per heavy atom. The van der Waals surface area contributed by atoms with Crippen molar-refractivity contribution in [3.8, 4) is 0 Å². The maximum absolute atomic E-state index is 9.10. The zero-order valence-corrected chi connectivity index (χ0v) is 7.29. The lowest BCUT2D eigenvalue weighted by atomic mass is 10.2. The fourth-order valence-corrected chi connectivity index (χ4v) is 0.882. The molecule has 11 heavy (non-hydrogen) atoms. The zero-order chi connectivity index (χ0) is 8.69. The highest BCUT2D eigenvalue weighted by Gasteiger charge is 2.09. The summed E-state index contributed by atoms with van der Waals surface area (Å²) in [6.45, 7) is 4.00. The Balaban J connectivity index is 3.44. The lowest BCUT2D eigenvalue weighted by Crippen LogP contribution is -2.21. The predicted octanol–water partition coefficient (Wildman–Crippen LogP) is 0.892. The minimum Gasteiger partial charge on any atom is -0.396 e. The Kier molecular flexibility index (Phi) is 6.51. The summed E-state index contributed by atoms with van der Waals surface area (Å²) in [6.07, 6.45) is 1.43. The van der Waals surface area contributed by atoms with Crippen LogP contribution in [-0.4, -0.2) is 29.2 Å². The molecule has 2 N–H and O–H groups in total. The van der Waals surface area contributed by atoms with Gasteiger partial charge in [-0.3, -0.25) is 0 Å². The second-order valence-electron chi connectivity index (χ2n) is 2.54. The summed E-state index contributed by atoms with van der Waals surface area (Å²) in [6, 6.07) is 0. The van der Waals surface area contributed by atoms with E-state index < -0.39 is 6.29 Å². The zero-order valence-electron chi connectivity index (χ0n) is 7.29. The fraction of sp³-hybridized carbons (Fsp3) is 1.00. The molecule has 0 aromatic carbocycles. The van der Waals surface area contributed by atoms with E-state index in [0.717, 1.165) is 12.8 Å². The van der Waals surface area contributed by atoms with Crippen LogP contribution in [0, 0.1) is 0 Å². The second-order valence-corrected chi connectivity index (χ2v) is 2.54. The smallest absolute Gasteiger partial charge is 0.157 e. The normalized spacial score (nSPS) is 13.9. The van der Waals surface area contributed by atoms with E-state index in [0.29, 0.717) is 6.42 Å². The summed E-state index contributed by atoms with van der Waals surface area (Å²) in [4.78, 5) is 0. The molecule has 0 aliphatic rings. The van der Waals surface area contributed by atoms with E-state index in [2.05, 4.69) is 0 Å². The van der Waals surface area contributed by atoms with E-state index in [9.17, 15) is 0 Å². The molecule has 0 heterocycles. The number of hydrogen-bond acceptors (Lipinski definition) is 3. The van der Waals surface area contributed by atoms with Gasteiger partial charge in [0.05, 0.1) is 6.10 Å². The third-order valence-corrected chi connectivity index (χ3v) is 1.64. The van der Waals surface area contributed by atoms with E-state index in [1.165, 1.54) is 0 Å². The van der Waals surface area contributed by atoms with E-state index in [4.69, 9.17) is 14.9 Å². The second kappa shape index (κ2) is 6.58. The summed E-state index contributed by atoms with van der Waals surface area (Å²) in [5.74, 6) is 0. The molecule has 0 saturated carbocycles. The largest absolute Gasteiger partial charge is 0.396 e. The van der Waals surface area contributed by atoms with Crippen molar-refractivity contribution in [1.82, 2.24) is 0 Å². The standard InChI is InChI=1S/C8H18O3/c1-3-7(4-2)11-8(10)5-6-9/h7-10H,3-6H2,1-2H3. The van der Waals surface area contributed by atoms with Crippen LogP contribution in [0.5, 0.6) is 0 Å². The van der Waals surface area contributed by atoms with Crippen molar-refractivity contribution in [2.75, 3.05) is 6.61 Å². The summed E-state index contributed by atoms with van der Waals surface area (Å²) in [5.41, 5.74) is 0. The predicted molar refractivity (Wildman–Crippen MR) is 43.2 cm³/mol. The monoisotopic (exact) mass is 162 g/mol. The van der Waals surface area contributed by atoms with Crippen LogP contribution in [0.15, 0.2) is 0 Å². The summed E-state index contributed by atoms with van der Waals surface area (Å²) >= 11 is 0. The highest BCUT2D eigenvalue weighted by molar-refractivity contribution is 4.52. The minimum absolute atomic E-state index is 0.0265. The van der Waals surface area contributed by atoms with Gasteiger partial charge in [0.15, 0.2) is 6.29 Å². The van der Waals surface area contributed by atoms with Crippen LogP contribution >= 0.6 is 0 Å². The molecule has 0 fully saturated rings. The number of aliphatic hydroxyl groups is 2. The maximum atomic E-state index is 9.10. The quantitative estimate of drug-likeness (QED) is 0.570. The van der Waals surface area contributed by atoms with Crippen molar-refractivity contribution in [2.45, 2.75) is 45.5 Å². The summed E-state index contributed by atoms with van der Waals surface area (Å²) < 4.78 is 5.18. The summed E-state index contributed by atoms with van der Waals surface area (Å²) in [5, 5.41) is 17.6. The fourth-order valence-electron chi connectivity index (χ4n) is 0.882. The molecule has 0 aliphatic heterocycles. The Hall–Kier alpha value is -0.120. The summed E-state index contributed by atoms with van der Waals surface area (Å²) in [7, 11) is 0. The molecule has 0 saturated heterocycles. The van der Waals surface area contributed by atoms with Gasteiger partial charge in [-0.15, -0.1) is 0 Å². The van der Waals surface area contributed by atoms with E-state index in [1.54, 1.807) is 0 Å². The van der Waals surface area contributed by atoms with Crippen molar-refractivity contribution < 1.29 is 14.9 Å². The molecule has 0 spiro atoms. The molecule has 0 aliphatic carbocycles. The average Bonchev–Trinajstić information content (AvgIpc) is 2.01. The van der Waals surface area contributed by atoms with Gasteiger partial charge in [-0.1, -0.05) is 13.8 Å². The van der Waals surface area contributed by atoms with E-state index in [-0.39, 0.29) is 12.7 Å². The first kappa shape index (κ1) is 10.9. The molecule has 0 radical (unpaired) electrons. The Labute approximate surface area is 68.0 Å². The van der Waals surface area contributed by atoms with Gasteiger partial charge in [-0.25, -0.2) is 0 Å².